The molecule has 0 heterocycles. The van der Waals surface area contributed by atoms with Crippen molar-refractivity contribution in [1.82, 2.24) is 10.6 Å². The van der Waals surface area contributed by atoms with Gasteiger partial charge in [0.05, 0.1) is 0 Å². The van der Waals surface area contributed by atoms with Crippen LogP contribution in [-0.2, 0) is 24.4 Å². The maximum atomic E-state index is 9.44. The monoisotopic (exact) mass is 360 g/mol. The lowest BCUT2D eigenvalue weighted by Crippen LogP contribution is -2.32. The molecule has 0 aliphatic carbocycles. The Morgan fingerprint density at radius 3 is 1.19 bits per heavy atom. The molecule has 0 unspecified atom stereocenters. The Hall–Kier alpha value is -0.460. The van der Waals surface area contributed by atoms with Crippen molar-refractivity contribution in [1.29, 1.82) is 0 Å². The van der Waals surface area contributed by atoms with Gasteiger partial charge in [0.2, 0.25) is 0 Å². The molecule has 0 atom stereocenters. The summed E-state index contributed by atoms with van der Waals surface area (Å²) in [5.41, 5.74) is 10.5. The second-order valence-electron chi connectivity index (χ2n) is 3.00. The molecule has 0 saturated heterocycles. The van der Waals surface area contributed by atoms with Gasteiger partial charge in [0.15, 0.2) is 0 Å². The van der Waals surface area contributed by atoms with E-state index in [0.717, 1.165) is 26.2 Å². The van der Waals surface area contributed by atoms with Crippen LogP contribution in [-0.4, -0.2) is 76.2 Å². The minimum atomic E-state index is -5.12. The molecular formula is C6H24N4O9S2. The van der Waals surface area contributed by atoms with Crippen LogP contribution in [0.15, 0.2) is 0 Å². The van der Waals surface area contributed by atoms with Crippen molar-refractivity contribution in [3.8, 4) is 0 Å². The lowest BCUT2D eigenvalue weighted by Gasteiger charge is -2.03. The van der Waals surface area contributed by atoms with Crippen LogP contribution in [0.5, 0.6) is 0 Å². The van der Waals surface area contributed by atoms with E-state index in [0.29, 0.717) is 13.1 Å². The molecule has 0 aromatic carbocycles. The number of nitrogens with two attached hydrogens (primary N) is 2. The molecule has 13 nitrogen and oxygen atoms in total. The van der Waals surface area contributed by atoms with Gasteiger partial charge in [-0.05, 0) is 0 Å². The highest BCUT2D eigenvalue weighted by Crippen LogP contribution is 1.91. The number of nitrogens with one attached hydrogen (secondary N) is 2. The molecule has 21 heavy (non-hydrogen) atoms. The van der Waals surface area contributed by atoms with Crippen LogP contribution in [0, 0.1) is 0 Å². The Labute approximate surface area is 123 Å². The van der Waals surface area contributed by atoms with E-state index in [9.17, 15) is 16.8 Å². The zero-order valence-corrected chi connectivity index (χ0v) is 12.8. The summed E-state index contributed by atoms with van der Waals surface area (Å²) >= 11 is 0. The average Bonchev–Trinajstić information content (AvgIpc) is 2.19. The molecule has 0 aliphatic heterocycles. The summed E-state index contributed by atoms with van der Waals surface area (Å²) in [5, 5.41) is 6.33. The molecule has 0 aliphatic rings. The maximum absolute atomic E-state index is 9.44. The van der Waals surface area contributed by atoms with Crippen molar-refractivity contribution in [2.75, 3.05) is 39.3 Å². The second-order valence-corrected chi connectivity index (χ2v) is 5.26. The highest BCUT2D eigenvalue weighted by Gasteiger charge is 2.15. The van der Waals surface area contributed by atoms with Gasteiger partial charge in [0, 0.05) is 39.3 Å². The average molecular weight is 360 g/mol. The summed E-state index contributed by atoms with van der Waals surface area (Å²) in [5.74, 6) is 0. The van der Waals surface area contributed by atoms with Crippen LogP contribution in [0.1, 0.15) is 0 Å². The third-order valence-electron chi connectivity index (χ3n) is 1.29. The molecule has 0 aromatic rings. The first-order valence-electron chi connectivity index (χ1n) is 5.10. The summed E-state index contributed by atoms with van der Waals surface area (Å²) in [6.07, 6.45) is 0. The van der Waals surface area contributed by atoms with Gasteiger partial charge in [0.1, 0.15) is 0 Å². The van der Waals surface area contributed by atoms with E-state index >= 15 is 0 Å². The van der Waals surface area contributed by atoms with E-state index < -0.39 is 20.8 Å². The predicted molar refractivity (Wildman–Crippen MR) is 75.3 cm³/mol. The molecule has 15 heteroatoms. The Bertz CT molecular complexity index is 360. The molecule has 0 bridgehead atoms. The molecule has 0 spiro atoms. The summed E-state index contributed by atoms with van der Waals surface area (Å²) in [4.78, 5) is 0. The third kappa shape index (κ3) is 38.2. The Morgan fingerprint density at radius 2 is 1.05 bits per heavy atom. The first kappa shape index (κ1) is 28.7. The third-order valence-corrected chi connectivity index (χ3v) is 2.67. The summed E-state index contributed by atoms with van der Waals surface area (Å²) in [7, 11) is -10.2. The van der Waals surface area contributed by atoms with E-state index in [1.807, 2.05) is 0 Å². The topological polar surface area (TPSA) is 257 Å². The van der Waals surface area contributed by atoms with Crippen LogP contribution >= 0.6 is 0 Å². The van der Waals surface area contributed by atoms with Crippen LogP contribution in [0.4, 0.5) is 0 Å². The molecule has 0 amide bonds. The van der Waals surface area contributed by atoms with Crippen molar-refractivity contribution in [3.05, 3.63) is 0 Å². The van der Waals surface area contributed by atoms with Gasteiger partial charge in [-0.1, -0.05) is 0 Å². The van der Waals surface area contributed by atoms with Crippen LogP contribution < -0.4 is 22.1 Å². The SMILES string of the molecule is NCCNCCNCCN.O.O.O=S(=O)(O)OS(=O)(=O)O. The highest BCUT2D eigenvalue weighted by molar-refractivity contribution is 7.94. The molecule has 0 fully saturated rings. The Morgan fingerprint density at radius 1 is 0.762 bits per heavy atom. The fourth-order valence-electron chi connectivity index (χ4n) is 0.740. The predicted octanol–water partition coefficient (Wildman–Crippen LogP) is -4.96. The summed E-state index contributed by atoms with van der Waals surface area (Å²) in [6, 6.07) is 0. The van der Waals surface area contributed by atoms with E-state index in [4.69, 9.17) is 20.6 Å². The molecule has 0 rings (SSSR count). The molecular weight excluding hydrogens is 336 g/mol. The van der Waals surface area contributed by atoms with Crippen molar-refractivity contribution >= 4 is 20.8 Å². The molecule has 0 saturated carbocycles. The number of hydrogen-bond acceptors (Lipinski definition) is 9. The van der Waals surface area contributed by atoms with Crippen LogP contribution in [0.25, 0.3) is 0 Å². The van der Waals surface area contributed by atoms with Crippen molar-refractivity contribution in [2.24, 2.45) is 11.5 Å². The Balaban J connectivity index is -0.000000126. The van der Waals surface area contributed by atoms with E-state index in [-0.39, 0.29) is 11.0 Å². The summed E-state index contributed by atoms with van der Waals surface area (Å²) < 4.78 is 55.6. The molecule has 134 valence electrons. The van der Waals surface area contributed by atoms with Crippen LogP contribution in [0.3, 0.4) is 0 Å². The van der Waals surface area contributed by atoms with E-state index in [2.05, 4.69) is 14.3 Å². The van der Waals surface area contributed by atoms with E-state index in [1.165, 1.54) is 0 Å². The molecule has 12 N–H and O–H groups in total. The van der Waals surface area contributed by atoms with E-state index in [1.54, 1.807) is 0 Å². The fraction of sp³-hybridized carbons (Fsp3) is 1.00. The zero-order chi connectivity index (χ0) is 15.4. The van der Waals surface area contributed by atoms with Gasteiger partial charge >= 0.3 is 20.8 Å². The Kier molecular flexibility index (Phi) is 21.7. The number of hydrogen-bond donors (Lipinski definition) is 6. The van der Waals surface area contributed by atoms with Gasteiger partial charge in [-0.25, -0.2) is 0 Å². The normalized spacial score (nSPS) is 10.7. The van der Waals surface area contributed by atoms with Gasteiger partial charge in [-0.2, -0.15) is 16.8 Å². The first-order chi connectivity index (χ1) is 8.62. The van der Waals surface area contributed by atoms with Gasteiger partial charge in [-0.15, -0.1) is 3.63 Å². The highest BCUT2D eigenvalue weighted by atomic mass is 32.3. The lowest BCUT2D eigenvalue weighted by atomic mass is 10.5. The van der Waals surface area contributed by atoms with Gasteiger partial charge < -0.3 is 33.1 Å². The van der Waals surface area contributed by atoms with Crippen molar-refractivity contribution in [3.63, 3.8) is 0 Å². The minimum absolute atomic E-state index is 0. The lowest BCUT2D eigenvalue weighted by molar-refractivity contribution is 0.344. The van der Waals surface area contributed by atoms with Crippen molar-refractivity contribution in [2.45, 2.75) is 0 Å². The molecule has 0 aromatic heterocycles. The standard InChI is InChI=1S/C6H18N4.H2O7S2.2H2O/c7-1-3-9-5-6-10-4-2-8;1-8(2,3)7-9(4,5)6;;/h9-10H,1-8H2;(H,1,2,3)(H,4,5,6);2*1H2. The largest absolute Gasteiger partial charge is 0.413 e. The smallest absolute Gasteiger partial charge is 0.412 e. The van der Waals surface area contributed by atoms with Crippen molar-refractivity contribution < 1.29 is 40.5 Å². The second kappa shape index (κ2) is 15.9. The quantitative estimate of drug-likeness (QED) is 0.167. The maximum Gasteiger partial charge on any atom is 0.413 e. The number of rotatable bonds is 9. The van der Waals surface area contributed by atoms with Gasteiger partial charge in [-0.3, -0.25) is 9.11 Å². The fourth-order valence-corrected chi connectivity index (χ4v) is 1.61. The van der Waals surface area contributed by atoms with Crippen LogP contribution in [0.2, 0.25) is 0 Å². The van der Waals surface area contributed by atoms with Gasteiger partial charge in [0.25, 0.3) is 0 Å². The minimum Gasteiger partial charge on any atom is -0.412 e. The summed E-state index contributed by atoms with van der Waals surface area (Å²) in [6.45, 7) is 5.14. The molecule has 0 radical (unpaired) electrons. The zero-order valence-electron chi connectivity index (χ0n) is 11.1. The first-order valence-corrected chi connectivity index (χ1v) is 7.83.